The molecule has 3 atom stereocenters. The molecule has 0 aromatic heterocycles. The van der Waals surface area contributed by atoms with E-state index in [1.54, 1.807) is 30.0 Å². The lowest BCUT2D eigenvalue weighted by Crippen LogP contribution is -2.49. The van der Waals surface area contributed by atoms with Gasteiger partial charge in [-0.3, -0.25) is 9.69 Å². The van der Waals surface area contributed by atoms with Gasteiger partial charge in [-0.05, 0) is 63.7 Å². The third-order valence-corrected chi connectivity index (χ3v) is 6.57. The van der Waals surface area contributed by atoms with Crippen LogP contribution in [0.3, 0.4) is 0 Å². The number of carbonyl (C=O) groups is 2. The highest BCUT2D eigenvalue weighted by atomic mass is 19.4. The number of hydrogen-bond donors (Lipinski definition) is 3. The summed E-state index contributed by atoms with van der Waals surface area (Å²) in [7, 11) is 1.85. The second-order valence-corrected chi connectivity index (χ2v) is 10.5. The number of hydrogen-bond acceptors (Lipinski definition) is 5. The third-order valence-electron chi connectivity index (χ3n) is 6.57. The molecule has 8 nitrogen and oxygen atoms in total. The number of urea groups is 1. The van der Waals surface area contributed by atoms with Crippen LogP contribution in [0.25, 0.3) is 0 Å². The Morgan fingerprint density at radius 1 is 1.18 bits per heavy atom. The first kappa shape index (κ1) is 30.2. The van der Waals surface area contributed by atoms with Gasteiger partial charge in [-0.25, -0.2) is 4.79 Å². The summed E-state index contributed by atoms with van der Waals surface area (Å²) in [5, 5.41) is 15.3. The van der Waals surface area contributed by atoms with Crippen LogP contribution in [0.15, 0.2) is 42.5 Å². The van der Waals surface area contributed by atoms with Crippen molar-refractivity contribution in [2.45, 2.75) is 58.6 Å². The number of benzene rings is 2. The van der Waals surface area contributed by atoms with Crippen molar-refractivity contribution in [3.63, 3.8) is 0 Å². The SMILES string of the molecule is CC(C)NC(=O)Nc1ccc2c(c1)C(=O)N([C@@H](C)CO)C[C@H](C)[C@H](CN(C)Cc1ccc(C(F)(F)F)cc1)O2. The number of aliphatic hydroxyl groups is 1. The molecule has 2 aromatic rings. The van der Waals surface area contributed by atoms with E-state index in [1.165, 1.54) is 12.1 Å². The second kappa shape index (κ2) is 12.7. The van der Waals surface area contributed by atoms with Gasteiger partial charge in [0.15, 0.2) is 0 Å². The van der Waals surface area contributed by atoms with Gasteiger partial charge in [-0.15, -0.1) is 0 Å². The monoisotopic (exact) mass is 550 g/mol. The number of halogens is 3. The molecule has 3 rings (SSSR count). The zero-order valence-electron chi connectivity index (χ0n) is 22.9. The molecule has 11 heteroatoms. The summed E-state index contributed by atoms with van der Waals surface area (Å²) >= 11 is 0. The molecular formula is C28H37F3N4O4. The van der Waals surface area contributed by atoms with Gasteiger partial charge < -0.3 is 25.4 Å². The van der Waals surface area contributed by atoms with Gasteiger partial charge in [0.05, 0.1) is 23.8 Å². The van der Waals surface area contributed by atoms with E-state index in [0.29, 0.717) is 31.1 Å². The number of carbonyl (C=O) groups excluding carboxylic acids is 2. The minimum Gasteiger partial charge on any atom is -0.488 e. The number of likely N-dealkylation sites (N-methyl/N-ethyl adjacent to an activating group) is 1. The maximum absolute atomic E-state index is 13.5. The van der Waals surface area contributed by atoms with Crippen LogP contribution >= 0.6 is 0 Å². The number of nitrogens with one attached hydrogen (secondary N) is 2. The fraction of sp³-hybridized carbons (Fsp3) is 0.500. The minimum atomic E-state index is -4.39. The summed E-state index contributed by atoms with van der Waals surface area (Å²) in [6.45, 7) is 8.33. The molecular weight excluding hydrogens is 513 g/mol. The average Bonchev–Trinajstić information content (AvgIpc) is 2.85. The van der Waals surface area contributed by atoms with E-state index >= 15 is 0 Å². The van der Waals surface area contributed by atoms with Gasteiger partial charge >= 0.3 is 12.2 Å². The van der Waals surface area contributed by atoms with Crippen molar-refractivity contribution >= 4 is 17.6 Å². The van der Waals surface area contributed by atoms with E-state index < -0.39 is 23.8 Å². The molecule has 1 heterocycles. The highest BCUT2D eigenvalue weighted by Gasteiger charge is 2.34. The number of aliphatic hydroxyl groups excluding tert-OH is 1. The number of anilines is 1. The molecule has 1 aliphatic rings. The molecule has 0 unspecified atom stereocenters. The van der Waals surface area contributed by atoms with Crippen LogP contribution in [0.1, 0.15) is 49.2 Å². The number of ether oxygens (including phenoxy) is 1. The number of nitrogens with zero attached hydrogens (tertiary/aromatic N) is 2. The summed E-state index contributed by atoms with van der Waals surface area (Å²) in [4.78, 5) is 29.3. The Bertz CT molecular complexity index is 1140. The molecule has 2 aromatic carbocycles. The molecule has 0 fully saturated rings. The third kappa shape index (κ3) is 8.09. The van der Waals surface area contributed by atoms with E-state index in [4.69, 9.17) is 4.74 Å². The highest BCUT2D eigenvalue weighted by Crippen LogP contribution is 2.31. The first-order valence-electron chi connectivity index (χ1n) is 12.9. The Balaban J connectivity index is 1.83. The predicted molar refractivity (Wildman–Crippen MR) is 143 cm³/mol. The lowest BCUT2D eigenvalue weighted by Gasteiger charge is -2.38. The van der Waals surface area contributed by atoms with Crippen LogP contribution in [0.5, 0.6) is 5.75 Å². The van der Waals surface area contributed by atoms with Crippen molar-refractivity contribution in [3.05, 3.63) is 59.2 Å². The lowest BCUT2D eigenvalue weighted by atomic mass is 9.99. The Morgan fingerprint density at radius 2 is 1.85 bits per heavy atom. The number of amides is 3. The Morgan fingerprint density at radius 3 is 2.44 bits per heavy atom. The standard InChI is InChI=1S/C28H37F3N4O4/c1-17(2)32-27(38)33-22-10-11-24-23(12-22)26(37)35(19(4)16-36)13-18(3)25(39-24)15-34(5)14-20-6-8-21(9-7-20)28(29,30)31/h6-12,17-19,25,36H,13-16H2,1-5H3,(H2,32,33,38)/t18-,19-,25-/m0/s1. The number of fused-ring (bicyclic) bond motifs is 1. The quantitative estimate of drug-likeness (QED) is 0.447. The van der Waals surface area contributed by atoms with Gasteiger partial charge in [0.1, 0.15) is 11.9 Å². The summed E-state index contributed by atoms with van der Waals surface area (Å²) in [5.41, 5.74) is 0.719. The van der Waals surface area contributed by atoms with Crippen LogP contribution in [0, 0.1) is 5.92 Å². The maximum atomic E-state index is 13.5. The van der Waals surface area contributed by atoms with E-state index in [9.17, 15) is 27.9 Å². The van der Waals surface area contributed by atoms with Crippen molar-refractivity contribution in [3.8, 4) is 5.75 Å². The molecule has 3 amide bonds. The first-order chi connectivity index (χ1) is 18.3. The molecule has 39 heavy (non-hydrogen) atoms. The van der Waals surface area contributed by atoms with Gasteiger partial charge in [0, 0.05) is 37.3 Å². The van der Waals surface area contributed by atoms with Gasteiger partial charge in [0.2, 0.25) is 0 Å². The molecule has 3 N–H and O–H groups in total. The van der Waals surface area contributed by atoms with Crippen molar-refractivity contribution in [1.29, 1.82) is 0 Å². The summed E-state index contributed by atoms with van der Waals surface area (Å²) in [5.74, 6) is -0.0897. The smallest absolute Gasteiger partial charge is 0.416 e. The molecule has 0 aliphatic carbocycles. The van der Waals surface area contributed by atoms with Crippen LogP contribution in [0.4, 0.5) is 23.7 Å². The molecule has 0 saturated heterocycles. The zero-order valence-corrected chi connectivity index (χ0v) is 22.9. The molecule has 0 radical (unpaired) electrons. The Kier molecular flexibility index (Phi) is 9.84. The second-order valence-electron chi connectivity index (χ2n) is 10.5. The Hall–Kier alpha value is -3.31. The summed E-state index contributed by atoms with van der Waals surface area (Å²) in [6.07, 6.45) is -4.75. The first-order valence-corrected chi connectivity index (χ1v) is 12.9. The number of alkyl halides is 3. The fourth-order valence-electron chi connectivity index (χ4n) is 4.43. The minimum absolute atomic E-state index is 0.0676. The van der Waals surface area contributed by atoms with Gasteiger partial charge in [-0.1, -0.05) is 19.1 Å². The average molecular weight is 551 g/mol. The Labute approximate surface area is 227 Å². The van der Waals surface area contributed by atoms with Crippen molar-refractivity contribution < 1.29 is 32.6 Å². The van der Waals surface area contributed by atoms with Gasteiger partial charge in [0.25, 0.3) is 5.91 Å². The number of rotatable bonds is 8. The zero-order chi connectivity index (χ0) is 28.9. The summed E-state index contributed by atoms with van der Waals surface area (Å²) < 4.78 is 45.1. The van der Waals surface area contributed by atoms with E-state index in [-0.39, 0.29) is 36.1 Å². The maximum Gasteiger partial charge on any atom is 0.416 e. The van der Waals surface area contributed by atoms with E-state index in [2.05, 4.69) is 10.6 Å². The normalized spacial score (nSPS) is 18.7. The predicted octanol–water partition coefficient (Wildman–Crippen LogP) is 4.59. The fourth-order valence-corrected chi connectivity index (χ4v) is 4.43. The van der Waals surface area contributed by atoms with Crippen LogP contribution in [-0.2, 0) is 12.7 Å². The van der Waals surface area contributed by atoms with E-state index in [0.717, 1.165) is 17.7 Å². The molecule has 0 spiro atoms. The van der Waals surface area contributed by atoms with Crippen molar-refractivity contribution in [2.24, 2.45) is 5.92 Å². The van der Waals surface area contributed by atoms with Crippen LogP contribution < -0.4 is 15.4 Å². The molecule has 0 bridgehead atoms. The highest BCUT2D eigenvalue weighted by molar-refractivity contribution is 5.99. The molecule has 1 aliphatic heterocycles. The van der Waals surface area contributed by atoms with E-state index in [1.807, 2.05) is 32.7 Å². The summed E-state index contributed by atoms with van der Waals surface area (Å²) in [6, 6.07) is 9.01. The van der Waals surface area contributed by atoms with Crippen LogP contribution in [0.2, 0.25) is 0 Å². The molecule has 214 valence electrons. The largest absolute Gasteiger partial charge is 0.488 e. The topological polar surface area (TPSA) is 94.1 Å². The van der Waals surface area contributed by atoms with Gasteiger partial charge in [-0.2, -0.15) is 13.2 Å². The molecule has 0 saturated carbocycles. The van der Waals surface area contributed by atoms with Crippen LogP contribution in [-0.4, -0.2) is 71.8 Å². The van der Waals surface area contributed by atoms with Crippen molar-refractivity contribution in [1.82, 2.24) is 15.1 Å². The van der Waals surface area contributed by atoms with Crippen molar-refractivity contribution in [2.75, 3.05) is 32.1 Å². The lowest BCUT2D eigenvalue weighted by molar-refractivity contribution is -0.137.